The Kier molecular flexibility index (Phi) is 4.85. The predicted octanol–water partition coefficient (Wildman–Crippen LogP) is 2.49. The van der Waals surface area contributed by atoms with E-state index in [-0.39, 0.29) is 11.1 Å². The van der Waals surface area contributed by atoms with Crippen molar-refractivity contribution < 1.29 is 4.39 Å². The maximum atomic E-state index is 13.1. The van der Waals surface area contributed by atoms with E-state index in [4.69, 9.17) is 17.4 Å². The Morgan fingerprint density at radius 2 is 2.05 bits per heavy atom. The van der Waals surface area contributed by atoms with E-state index in [0.29, 0.717) is 6.42 Å². The first-order valence-electron chi connectivity index (χ1n) is 5.98. The summed E-state index contributed by atoms with van der Waals surface area (Å²) >= 11 is 5.76. The molecule has 1 atom stereocenters. The van der Waals surface area contributed by atoms with Crippen LogP contribution in [0.25, 0.3) is 0 Å². The second-order valence-electron chi connectivity index (χ2n) is 4.38. The van der Waals surface area contributed by atoms with Crippen molar-refractivity contribution in [3.63, 3.8) is 0 Å². The molecule has 0 aliphatic rings. The summed E-state index contributed by atoms with van der Waals surface area (Å²) < 4.78 is 13.1. The molecule has 3 nitrogen and oxygen atoms in total. The highest BCUT2D eigenvalue weighted by atomic mass is 35.5. The van der Waals surface area contributed by atoms with Crippen molar-refractivity contribution in [1.82, 2.24) is 10.4 Å². The first-order valence-corrected chi connectivity index (χ1v) is 6.36. The number of nitrogens with two attached hydrogens (primary N) is 1. The smallest absolute Gasteiger partial charge is 0.141 e. The molecule has 0 saturated carbocycles. The minimum Gasteiger partial charge on any atom is -0.271 e. The van der Waals surface area contributed by atoms with E-state index in [9.17, 15) is 4.39 Å². The summed E-state index contributed by atoms with van der Waals surface area (Å²) in [5.74, 6) is 5.15. The molecule has 0 amide bonds. The van der Waals surface area contributed by atoms with Crippen LogP contribution in [0, 0.1) is 5.82 Å². The van der Waals surface area contributed by atoms with Crippen LogP contribution in [0.2, 0.25) is 5.02 Å². The molecule has 0 radical (unpaired) electrons. The molecule has 1 aromatic heterocycles. The molecule has 100 valence electrons. The number of aromatic nitrogens is 1. The second-order valence-corrected chi connectivity index (χ2v) is 4.79. The normalized spacial score (nSPS) is 12.4. The summed E-state index contributed by atoms with van der Waals surface area (Å²) in [6.07, 6.45) is 4.96. The van der Waals surface area contributed by atoms with E-state index in [1.54, 1.807) is 18.3 Å². The molecule has 0 saturated heterocycles. The molecule has 1 unspecified atom stereocenters. The standard InChI is InChI=1S/C14H15ClFN3/c15-13-8-10(3-4-14(13)16)6-12(19-17)7-11-2-1-5-18-9-11/h1-5,8-9,12,19H,6-7,17H2. The summed E-state index contributed by atoms with van der Waals surface area (Å²) in [4.78, 5) is 4.07. The predicted molar refractivity (Wildman–Crippen MR) is 74.2 cm³/mol. The van der Waals surface area contributed by atoms with Gasteiger partial charge in [-0.15, -0.1) is 0 Å². The van der Waals surface area contributed by atoms with Gasteiger partial charge in [0.15, 0.2) is 0 Å². The maximum absolute atomic E-state index is 13.1. The molecule has 0 spiro atoms. The van der Waals surface area contributed by atoms with Crippen LogP contribution in [0.15, 0.2) is 42.7 Å². The number of hydrogen-bond acceptors (Lipinski definition) is 3. The average molecular weight is 280 g/mol. The van der Waals surface area contributed by atoms with Crippen LogP contribution in [0.1, 0.15) is 11.1 Å². The lowest BCUT2D eigenvalue weighted by Crippen LogP contribution is -2.38. The molecule has 1 aromatic carbocycles. The number of benzene rings is 1. The molecule has 2 aromatic rings. The minimum atomic E-state index is -0.407. The Morgan fingerprint density at radius 1 is 1.26 bits per heavy atom. The second kappa shape index (κ2) is 6.61. The summed E-state index contributed by atoms with van der Waals surface area (Å²) in [6, 6.07) is 8.65. The van der Waals surface area contributed by atoms with Crippen LogP contribution >= 0.6 is 11.6 Å². The molecule has 0 aliphatic carbocycles. The van der Waals surface area contributed by atoms with Gasteiger partial charge in [-0.3, -0.25) is 16.3 Å². The molecular weight excluding hydrogens is 265 g/mol. The highest BCUT2D eigenvalue weighted by molar-refractivity contribution is 6.30. The van der Waals surface area contributed by atoms with E-state index >= 15 is 0 Å². The van der Waals surface area contributed by atoms with Crippen LogP contribution in [-0.2, 0) is 12.8 Å². The fraction of sp³-hybridized carbons (Fsp3) is 0.214. The quantitative estimate of drug-likeness (QED) is 0.653. The van der Waals surface area contributed by atoms with E-state index in [1.807, 2.05) is 18.3 Å². The molecule has 0 bridgehead atoms. The molecule has 2 rings (SSSR count). The Labute approximate surface area is 116 Å². The van der Waals surface area contributed by atoms with E-state index in [1.165, 1.54) is 6.07 Å². The van der Waals surface area contributed by atoms with Crippen molar-refractivity contribution in [2.75, 3.05) is 0 Å². The van der Waals surface area contributed by atoms with Crippen molar-refractivity contribution in [3.8, 4) is 0 Å². The summed E-state index contributed by atoms with van der Waals surface area (Å²) in [7, 11) is 0. The number of nitrogens with zero attached hydrogens (tertiary/aromatic N) is 1. The van der Waals surface area contributed by atoms with Crippen molar-refractivity contribution in [2.45, 2.75) is 18.9 Å². The first-order chi connectivity index (χ1) is 9.19. The third-order valence-electron chi connectivity index (χ3n) is 2.91. The highest BCUT2D eigenvalue weighted by Gasteiger charge is 2.10. The largest absolute Gasteiger partial charge is 0.271 e. The molecular formula is C14H15ClFN3. The van der Waals surface area contributed by atoms with Gasteiger partial charge in [0, 0.05) is 18.4 Å². The van der Waals surface area contributed by atoms with Gasteiger partial charge in [-0.1, -0.05) is 23.7 Å². The monoisotopic (exact) mass is 279 g/mol. The molecule has 5 heteroatoms. The van der Waals surface area contributed by atoms with Gasteiger partial charge in [-0.2, -0.15) is 0 Å². The number of hydrogen-bond donors (Lipinski definition) is 2. The van der Waals surface area contributed by atoms with Gasteiger partial charge in [0.1, 0.15) is 5.82 Å². The first kappa shape index (κ1) is 13.9. The summed E-state index contributed by atoms with van der Waals surface area (Å²) in [6.45, 7) is 0. The van der Waals surface area contributed by atoms with Gasteiger partial charge in [0.05, 0.1) is 5.02 Å². The lowest BCUT2D eigenvalue weighted by molar-refractivity contribution is 0.521. The Hall–Kier alpha value is -1.49. The molecule has 0 fully saturated rings. The van der Waals surface area contributed by atoms with Crippen molar-refractivity contribution in [3.05, 3.63) is 64.7 Å². The van der Waals surface area contributed by atoms with Crippen LogP contribution in [0.3, 0.4) is 0 Å². The van der Waals surface area contributed by atoms with Crippen molar-refractivity contribution in [2.24, 2.45) is 5.84 Å². The zero-order valence-corrected chi connectivity index (χ0v) is 11.1. The average Bonchev–Trinajstić information content (AvgIpc) is 2.43. The highest BCUT2D eigenvalue weighted by Crippen LogP contribution is 2.17. The lowest BCUT2D eigenvalue weighted by atomic mass is 10.0. The van der Waals surface area contributed by atoms with Crippen LogP contribution in [0.4, 0.5) is 4.39 Å². The molecule has 1 heterocycles. The topological polar surface area (TPSA) is 50.9 Å². The number of hydrazine groups is 1. The van der Waals surface area contributed by atoms with Gasteiger partial charge in [0.25, 0.3) is 0 Å². The molecule has 3 N–H and O–H groups in total. The number of halogens is 2. The van der Waals surface area contributed by atoms with Gasteiger partial charge in [-0.25, -0.2) is 4.39 Å². The Bertz CT molecular complexity index is 533. The number of pyridine rings is 1. The molecule has 19 heavy (non-hydrogen) atoms. The Morgan fingerprint density at radius 3 is 2.68 bits per heavy atom. The van der Waals surface area contributed by atoms with Gasteiger partial charge < -0.3 is 0 Å². The third-order valence-corrected chi connectivity index (χ3v) is 3.20. The van der Waals surface area contributed by atoms with Gasteiger partial charge >= 0.3 is 0 Å². The van der Waals surface area contributed by atoms with E-state index in [0.717, 1.165) is 17.5 Å². The zero-order chi connectivity index (χ0) is 13.7. The molecule has 0 aliphatic heterocycles. The number of nitrogens with one attached hydrogen (secondary N) is 1. The number of rotatable bonds is 5. The van der Waals surface area contributed by atoms with Crippen molar-refractivity contribution >= 4 is 11.6 Å². The van der Waals surface area contributed by atoms with E-state index < -0.39 is 5.82 Å². The Balaban J connectivity index is 2.04. The van der Waals surface area contributed by atoms with Gasteiger partial charge in [0.2, 0.25) is 0 Å². The van der Waals surface area contributed by atoms with Crippen LogP contribution < -0.4 is 11.3 Å². The van der Waals surface area contributed by atoms with Crippen LogP contribution in [0.5, 0.6) is 0 Å². The lowest BCUT2D eigenvalue weighted by Gasteiger charge is -2.16. The summed E-state index contributed by atoms with van der Waals surface area (Å²) in [5.41, 5.74) is 4.81. The fourth-order valence-electron chi connectivity index (χ4n) is 1.94. The third kappa shape index (κ3) is 3.99. The minimum absolute atomic E-state index is 0.0470. The maximum Gasteiger partial charge on any atom is 0.141 e. The van der Waals surface area contributed by atoms with Crippen molar-refractivity contribution in [1.29, 1.82) is 0 Å². The zero-order valence-electron chi connectivity index (χ0n) is 10.3. The SMILES string of the molecule is NNC(Cc1cccnc1)Cc1ccc(F)c(Cl)c1. The summed E-state index contributed by atoms with van der Waals surface area (Å²) in [5, 5.41) is 0.134. The van der Waals surface area contributed by atoms with Crippen LogP contribution in [-0.4, -0.2) is 11.0 Å². The fourth-order valence-corrected chi connectivity index (χ4v) is 2.15. The van der Waals surface area contributed by atoms with E-state index in [2.05, 4.69) is 10.4 Å². The van der Waals surface area contributed by atoms with Gasteiger partial charge in [-0.05, 0) is 42.2 Å².